The Morgan fingerprint density at radius 1 is 1.21 bits per heavy atom. The van der Waals surface area contributed by atoms with Crippen LogP contribution in [0.5, 0.6) is 0 Å². The number of nitrogens with zero attached hydrogens (tertiary/aromatic N) is 2. The molecular formula is C17H12BrFN2O3. The maximum Gasteiger partial charge on any atom is 0.339 e. The van der Waals surface area contributed by atoms with Crippen LogP contribution in [-0.4, -0.2) is 25.0 Å². The minimum absolute atomic E-state index is 0.0191. The summed E-state index contributed by atoms with van der Waals surface area (Å²) in [6.45, 7) is -0.734. The predicted octanol–water partition coefficient (Wildman–Crippen LogP) is 3.30. The molecule has 122 valence electrons. The molecule has 2 aromatic rings. The maximum absolute atomic E-state index is 13.2. The van der Waals surface area contributed by atoms with Gasteiger partial charge in [0.05, 0.1) is 11.6 Å². The van der Waals surface area contributed by atoms with E-state index in [1.807, 2.05) is 6.07 Å². The molecule has 5 nitrogen and oxygen atoms in total. The monoisotopic (exact) mass is 390 g/mol. The Bertz CT molecular complexity index is 790. The zero-order chi connectivity index (χ0) is 17.5. The van der Waals surface area contributed by atoms with E-state index in [4.69, 9.17) is 10.00 Å². The van der Waals surface area contributed by atoms with Gasteiger partial charge in [-0.25, -0.2) is 9.18 Å². The lowest BCUT2D eigenvalue weighted by molar-refractivity contribution is -0.121. The van der Waals surface area contributed by atoms with Crippen molar-refractivity contribution in [3.8, 4) is 6.07 Å². The minimum atomic E-state index is -0.834. The number of rotatable bonds is 5. The van der Waals surface area contributed by atoms with E-state index in [1.54, 1.807) is 30.3 Å². The number of nitriles is 1. The van der Waals surface area contributed by atoms with Gasteiger partial charge in [0, 0.05) is 10.2 Å². The summed E-state index contributed by atoms with van der Waals surface area (Å²) >= 11 is 3.12. The molecule has 0 bridgehead atoms. The molecule has 0 aliphatic carbocycles. The first-order valence-corrected chi connectivity index (χ1v) is 7.66. The number of ether oxygens (including phenoxy) is 1. The van der Waals surface area contributed by atoms with E-state index >= 15 is 0 Å². The van der Waals surface area contributed by atoms with Gasteiger partial charge in [0.1, 0.15) is 12.4 Å². The molecule has 1 amide bonds. The maximum atomic E-state index is 13.2. The first-order valence-electron chi connectivity index (χ1n) is 6.87. The van der Waals surface area contributed by atoms with Crippen LogP contribution in [0, 0.1) is 17.1 Å². The van der Waals surface area contributed by atoms with Crippen molar-refractivity contribution in [1.29, 1.82) is 5.26 Å². The number of hydrogen-bond donors (Lipinski definition) is 0. The lowest BCUT2D eigenvalue weighted by Gasteiger charge is -2.19. The van der Waals surface area contributed by atoms with Gasteiger partial charge < -0.3 is 4.74 Å². The molecule has 0 fully saturated rings. The number of anilines is 1. The van der Waals surface area contributed by atoms with Crippen molar-refractivity contribution < 1.29 is 18.7 Å². The average molecular weight is 391 g/mol. The SMILES string of the molecule is N#CCN(C(=O)COC(=O)c1cc(F)ccc1Br)c1ccccc1. The van der Waals surface area contributed by atoms with Gasteiger partial charge in [0.2, 0.25) is 0 Å². The van der Waals surface area contributed by atoms with Crippen LogP contribution in [0.4, 0.5) is 10.1 Å². The predicted molar refractivity (Wildman–Crippen MR) is 88.8 cm³/mol. The Morgan fingerprint density at radius 2 is 1.92 bits per heavy atom. The van der Waals surface area contributed by atoms with Crippen molar-refractivity contribution in [3.05, 3.63) is 64.4 Å². The van der Waals surface area contributed by atoms with E-state index in [1.165, 1.54) is 17.0 Å². The summed E-state index contributed by atoms with van der Waals surface area (Å²) < 4.78 is 18.5. The van der Waals surface area contributed by atoms with Crippen LogP contribution in [0.3, 0.4) is 0 Å². The van der Waals surface area contributed by atoms with Crippen LogP contribution in [-0.2, 0) is 9.53 Å². The highest BCUT2D eigenvalue weighted by atomic mass is 79.9. The second-order valence-corrected chi connectivity index (χ2v) is 5.53. The second-order valence-electron chi connectivity index (χ2n) is 4.67. The zero-order valence-electron chi connectivity index (χ0n) is 12.4. The van der Waals surface area contributed by atoms with Crippen LogP contribution in [0.2, 0.25) is 0 Å². The lowest BCUT2D eigenvalue weighted by atomic mass is 10.2. The molecule has 0 aliphatic rings. The molecule has 0 N–H and O–H groups in total. The highest BCUT2D eigenvalue weighted by Crippen LogP contribution is 2.19. The standard InChI is InChI=1S/C17H12BrFN2O3/c18-15-7-6-12(19)10-14(15)17(23)24-11-16(22)21(9-8-20)13-4-2-1-3-5-13/h1-7,10H,9,11H2. The number of carbonyl (C=O) groups excluding carboxylic acids is 2. The molecular weight excluding hydrogens is 379 g/mol. The van der Waals surface area contributed by atoms with Gasteiger partial charge in [-0.3, -0.25) is 9.69 Å². The van der Waals surface area contributed by atoms with E-state index in [9.17, 15) is 14.0 Å². The first kappa shape index (κ1) is 17.6. The van der Waals surface area contributed by atoms with Gasteiger partial charge in [-0.2, -0.15) is 5.26 Å². The van der Waals surface area contributed by atoms with Crippen LogP contribution >= 0.6 is 15.9 Å². The van der Waals surface area contributed by atoms with E-state index < -0.39 is 24.3 Å². The Kier molecular flexibility index (Phi) is 6.04. The molecule has 0 saturated carbocycles. The molecule has 24 heavy (non-hydrogen) atoms. The summed E-state index contributed by atoms with van der Waals surface area (Å²) in [4.78, 5) is 25.4. The highest BCUT2D eigenvalue weighted by Gasteiger charge is 2.19. The van der Waals surface area contributed by atoms with E-state index in [0.29, 0.717) is 10.2 Å². The van der Waals surface area contributed by atoms with Gasteiger partial charge in [0.25, 0.3) is 5.91 Å². The van der Waals surface area contributed by atoms with Crippen LogP contribution in [0.1, 0.15) is 10.4 Å². The first-order chi connectivity index (χ1) is 11.5. The van der Waals surface area contributed by atoms with Gasteiger partial charge in [-0.05, 0) is 46.3 Å². The number of esters is 1. The molecule has 7 heteroatoms. The molecule has 0 aromatic heterocycles. The van der Waals surface area contributed by atoms with Crippen LogP contribution in [0.25, 0.3) is 0 Å². The average Bonchev–Trinajstić information content (AvgIpc) is 2.60. The Hall–Kier alpha value is -2.72. The van der Waals surface area contributed by atoms with Gasteiger partial charge in [0.15, 0.2) is 6.61 Å². The summed E-state index contributed by atoms with van der Waals surface area (Å²) in [7, 11) is 0. The van der Waals surface area contributed by atoms with Gasteiger partial charge in [-0.1, -0.05) is 18.2 Å². The number of halogens is 2. The largest absolute Gasteiger partial charge is 0.452 e. The molecule has 2 aromatic carbocycles. The molecule has 0 aliphatic heterocycles. The van der Waals surface area contributed by atoms with E-state index in [2.05, 4.69) is 15.9 Å². The third kappa shape index (κ3) is 4.40. The minimum Gasteiger partial charge on any atom is -0.452 e. The number of carbonyl (C=O) groups is 2. The summed E-state index contributed by atoms with van der Waals surface area (Å²) in [6.07, 6.45) is 0. The molecule has 0 atom stereocenters. The van der Waals surface area contributed by atoms with Crippen molar-refractivity contribution in [2.75, 3.05) is 18.1 Å². The van der Waals surface area contributed by atoms with Gasteiger partial charge >= 0.3 is 5.97 Å². The van der Waals surface area contributed by atoms with E-state index in [0.717, 1.165) is 6.07 Å². The highest BCUT2D eigenvalue weighted by molar-refractivity contribution is 9.10. The molecule has 0 heterocycles. The van der Waals surface area contributed by atoms with Crippen molar-refractivity contribution >= 4 is 33.5 Å². The Morgan fingerprint density at radius 3 is 2.58 bits per heavy atom. The summed E-state index contributed by atoms with van der Waals surface area (Å²) in [5.74, 6) is -1.98. The Balaban J connectivity index is 2.07. The fraction of sp³-hybridized carbons (Fsp3) is 0.118. The summed E-state index contributed by atoms with van der Waals surface area (Å²) in [5.41, 5.74) is 0.501. The third-order valence-corrected chi connectivity index (χ3v) is 3.76. The van der Waals surface area contributed by atoms with Crippen molar-refractivity contribution in [2.45, 2.75) is 0 Å². The van der Waals surface area contributed by atoms with E-state index in [-0.39, 0.29) is 12.1 Å². The number of para-hydroxylation sites is 1. The fourth-order valence-electron chi connectivity index (χ4n) is 1.94. The lowest BCUT2D eigenvalue weighted by Crippen LogP contribution is -2.35. The van der Waals surface area contributed by atoms with Crippen LogP contribution < -0.4 is 4.90 Å². The van der Waals surface area contributed by atoms with Gasteiger partial charge in [-0.15, -0.1) is 0 Å². The normalized spacial score (nSPS) is 9.88. The zero-order valence-corrected chi connectivity index (χ0v) is 14.0. The Labute approximate surface area is 146 Å². The fourth-order valence-corrected chi connectivity index (χ4v) is 2.35. The van der Waals surface area contributed by atoms with Crippen molar-refractivity contribution in [1.82, 2.24) is 0 Å². The molecule has 2 rings (SSSR count). The van der Waals surface area contributed by atoms with Crippen molar-refractivity contribution in [2.24, 2.45) is 0 Å². The number of hydrogen-bond acceptors (Lipinski definition) is 4. The van der Waals surface area contributed by atoms with Crippen LogP contribution in [0.15, 0.2) is 53.0 Å². The molecule has 0 unspecified atom stereocenters. The topological polar surface area (TPSA) is 70.4 Å². The third-order valence-electron chi connectivity index (χ3n) is 3.07. The summed E-state index contributed by atoms with van der Waals surface area (Å²) in [5, 5.41) is 8.87. The number of benzene rings is 2. The molecule has 0 spiro atoms. The molecule has 0 radical (unpaired) electrons. The number of amides is 1. The smallest absolute Gasteiger partial charge is 0.339 e. The molecule has 0 saturated heterocycles. The second kappa shape index (κ2) is 8.22. The quantitative estimate of drug-likeness (QED) is 0.579. The van der Waals surface area contributed by atoms with Crippen molar-refractivity contribution in [3.63, 3.8) is 0 Å². The summed E-state index contributed by atoms with van der Waals surface area (Å²) in [6, 6.07) is 14.0.